The van der Waals surface area contributed by atoms with Gasteiger partial charge in [-0.1, -0.05) is 6.07 Å². The fraction of sp³-hybridized carbons (Fsp3) is 0.308. The van der Waals surface area contributed by atoms with Gasteiger partial charge in [-0.25, -0.2) is 24.3 Å². The number of nitrogen functional groups attached to an aromatic ring is 1. The number of nitrogens with two attached hydrogens (primary N) is 1. The van der Waals surface area contributed by atoms with E-state index in [4.69, 9.17) is 25.4 Å². The van der Waals surface area contributed by atoms with Crippen molar-refractivity contribution in [1.29, 1.82) is 0 Å². The molecule has 4 aromatic rings. The molecule has 4 heterocycles. The lowest BCUT2D eigenvalue weighted by atomic mass is 9.99. The molecule has 1 saturated heterocycles. The van der Waals surface area contributed by atoms with E-state index in [1.165, 1.54) is 6.07 Å². The zero-order chi connectivity index (χ0) is 24.6. The first-order valence-electron chi connectivity index (χ1n) is 11.9. The highest BCUT2D eigenvalue weighted by Gasteiger charge is 2.29. The average Bonchev–Trinajstić information content (AvgIpc) is 3.76. The van der Waals surface area contributed by atoms with Crippen molar-refractivity contribution in [3.05, 3.63) is 54.2 Å². The second kappa shape index (κ2) is 9.19. The summed E-state index contributed by atoms with van der Waals surface area (Å²) in [5, 5.41) is 0. The van der Waals surface area contributed by atoms with Crippen LogP contribution < -0.4 is 10.6 Å². The van der Waals surface area contributed by atoms with Crippen LogP contribution in [0.1, 0.15) is 18.4 Å². The minimum atomic E-state index is -0.371. The first kappa shape index (κ1) is 22.4. The summed E-state index contributed by atoms with van der Waals surface area (Å²) in [7, 11) is 0. The molecule has 36 heavy (non-hydrogen) atoms. The highest BCUT2D eigenvalue weighted by Crippen LogP contribution is 2.33. The van der Waals surface area contributed by atoms with Gasteiger partial charge in [0.15, 0.2) is 11.6 Å². The summed E-state index contributed by atoms with van der Waals surface area (Å²) in [5.41, 5.74) is 9.53. The Balaban J connectivity index is 1.43. The summed E-state index contributed by atoms with van der Waals surface area (Å²) in [4.78, 5) is 36.8. The summed E-state index contributed by atoms with van der Waals surface area (Å²) in [6.07, 6.45) is 6.83. The standard InChI is InChI=1S/C26H24FN7O2/c27-20-4-3-16(9-17(20)11-22(35)15-1-2-15)18-10-21-23(29-12-18)25(34-5-7-36-8-6-34)33-24(32-21)19-13-30-26(28)31-14-19/h3-4,9-10,12-15H,1-2,5-8,11H2,(H2,28,30,31). The van der Waals surface area contributed by atoms with Crippen LogP contribution in [0.4, 0.5) is 16.2 Å². The van der Waals surface area contributed by atoms with Crippen LogP contribution in [0.2, 0.25) is 0 Å². The predicted octanol–water partition coefficient (Wildman–Crippen LogP) is 3.23. The van der Waals surface area contributed by atoms with Crippen LogP contribution in [0.15, 0.2) is 42.9 Å². The fourth-order valence-electron chi connectivity index (χ4n) is 4.37. The maximum Gasteiger partial charge on any atom is 0.219 e. The van der Waals surface area contributed by atoms with E-state index in [0.29, 0.717) is 60.1 Å². The van der Waals surface area contributed by atoms with E-state index in [1.54, 1.807) is 30.7 Å². The molecule has 1 saturated carbocycles. The summed E-state index contributed by atoms with van der Waals surface area (Å²) < 4.78 is 20.0. The molecule has 0 unspecified atom stereocenters. The Morgan fingerprint density at radius 3 is 2.50 bits per heavy atom. The SMILES string of the molecule is Nc1ncc(-c2nc(N3CCOCC3)c3ncc(-c4ccc(F)c(CC(=O)C5CC5)c4)cc3n2)cn1. The third-order valence-corrected chi connectivity index (χ3v) is 6.53. The number of carbonyl (C=O) groups is 1. The molecule has 0 spiro atoms. The van der Waals surface area contributed by atoms with Gasteiger partial charge in [-0.05, 0) is 42.2 Å². The number of carbonyl (C=O) groups excluding carboxylic acids is 1. The third kappa shape index (κ3) is 4.47. The van der Waals surface area contributed by atoms with Crippen LogP contribution in [-0.4, -0.2) is 57.0 Å². The van der Waals surface area contributed by atoms with Crippen LogP contribution >= 0.6 is 0 Å². The number of nitrogens with zero attached hydrogens (tertiary/aromatic N) is 6. The number of ether oxygens (including phenoxy) is 1. The minimum absolute atomic E-state index is 0.0847. The van der Waals surface area contributed by atoms with Gasteiger partial charge in [0.05, 0.1) is 24.3 Å². The molecule has 2 fully saturated rings. The van der Waals surface area contributed by atoms with Gasteiger partial charge in [-0.2, -0.15) is 0 Å². The molecule has 0 radical (unpaired) electrons. The maximum atomic E-state index is 14.5. The quantitative estimate of drug-likeness (QED) is 0.439. The molecule has 2 N–H and O–H groups in total. The molecule has 10 heteroatoms. The highest BCUT2D eigenvalue weighted by molar-refractivity contribution is 5.90. The number of hydrogen-bond donors (Lipinski definition) is 1. The number of Topliss-reactive ketones (excluding diaryl/α,β-unsaturated/α-hetero) is 1. The molecule has 0 bridgehead atoms. The van der Waals surface area contributed by atoms with E-state index in [9.17, 15) is 9.18 Å². The van der Waals surface area contributed by atoms with Gasteiger partial charge < -0.3 is 15.4 Å². The normalized spacial score (nSPS) is 15.9. The first-order chi connectivity index (χ1) is 17.5. The van der Waals surface area contributed by atoms with Crippen LogP contribution in [0.5, 0.6) is 0 Å². The Bertz CT molecular complexity index is 1450. The van der Waals surface area contributed by atoms with E-state index in [2.05, 4.69) is 14.9 Å². The number of rotatable bonds is 6. The van der Waals surface area contributed by atoms with Crippen LogP contribution in [0.25, 0.3) is 33.5 Å². The number of fused-ring (bicyclic) bond motifs is 1. The lowest BCUT2D eigenvalue weighted by Crippen LogP contribution is -2.37. The van der Waals surface area contributed by atoms with Crippen molar-refractivity contribution < 1.29 is 13.9 Å². The van der Waals surface area contributed by atoms with Crippen molar-refractivity contribution in [2.45, 2.75) is 19.3 Å². The zero-order valence-corrected chi connectivity index (χ0v) is 19.5. The van der Waals surface area contributed by atoms with E-state index >= 15 is 0 Å². The molecule has 0 amide bonds. The van der Waals surface area contributed by atoms with Crippen LogP contribution in [0, 0.1) is 11.7 Å². The molecule has 6 rings (SSSR count). The van der Waals surface area contributed by atoms with Crippen molar-refractivity contribution in [2.24, 2.45) is 5.92 Å². The molecule has 1 aromatic carbocycles. The Kier molecular flexibility index (Phi) is 5.73. The maximum absolute atomic E-state index is 14.5. The Hall–Kier alpha value is -4.05. The van der Waals surface area contributed by atoms with E-state index in [-0.39, 0.29) is 29.9 Å². The zero-order valence-electron chi connectivity index (χ0n) is 19.5. The molecule has 0 atom stereocenters. The Labute approximate surface area is 206 Å². The minimum Gasteiger partial charge on any atom is -0.378 e. The van der Waals surface area contributed by atoms with Gasteiger partial charge in [-0.3, -0.25) is 9.78 Å². The summed E-state index contributed by atoms with van der Waals surface area (Å²) >= 11 is 0. The molecule has 1 aliphatic carbocycles. The monoisotopic (exact) mass is 485 g/mol. The first-order valence-corrected chi connectivity index (χ1v) is 11.9. The van der Waals surface area contributed by atoms with Gasteiger partial charge in [0, 0.05) is 49.6 Å². The summed E-state index contributed by atoms with van der Waals surface area (Å²) in [6.45, 7) is 2.57. The third-order valence-electron chi connectivity index (χ3n) is 6.53. The van der Waals surface area contributed by atoms with Gasteiger partial charge in [0.2, 0.25) is 5.95 Å². The number of aromatic nitrogens is 5. The topological polar surface area (TPSA) is 120 Å². The number of benzene rings is 1. The second-order valence-electron chi connectivity index (χ2n) is 9.12. The molecule has 2 aliphatic rings. The second-order valence-corrected chi connectivity index (χ2v) is 9.12. The number of hydrogen-bond acceptors (Lipinski definition) is 9. The van der Waals surface area contributed by atoms with Gasteiger partial charge in [0.1, 0.15) is 17.1 Å². The lowest BCUT2D eigenvalue weighted by molar-refractivity contribution is -0.119. The number of halogens is 1. The van der Waals surface area contributed by atoms with Crippen molar-refractivity contribution >= 4 is 28.6 Å². The summed E-state index contributed by atoms with van der Waals surface area (Å²) in [6, 6.07) is 6.75. The molecule has 1 aliphatic heterocycles. The average molecular weight is 486 g/mol. The smallest absolute Gasteiger partial charge is 0.219 e. The number of anilines is 2. The Morgan fingerprint density at radius 2 is 1.75 bits per heavy atom. The molecule has 3 aromatic heterocycles. The lowest BCUT2D eigenvalue weighted by Gasteiger charge is -2.28. The van der Waals surface area contributed by atoms with Crippen molar-refractivity contribution in [3.8, 4) is 22.5 Å². The molecular formula is C26H24FN7O2. The van der Waals surface area contributed by atoms with Crippen molar-refractivity contribution in [1.82, 2.24) is 24.9 Å². The van der Waals surface area contributed by atoms with E-state index < -0.39 is 0 Å². The van der Waals surface area contributed by atoms with Gasteiger partial charge in [-0.15, -0.1) is 0 Å². The van der Waals surface area contributed by atoms with E-state index in [1.807, 2.05) is 6.07 Å². The molecule has 182 valence electrons. The number of ketones is 1. The van der Waals surface area contributed by atoms with Crippen molar-refractivity contribution in [3.63, 3.8) is 0 Å². The number of pyridine rings is 1. The molecule has 9 nitrogen and oxygen atoms in total. The van der Waals surface area contributed by atoms with Gasteiger partial charge in [0.25, 0.3) is 0 Å². The highest BCUT2D eigenvalue weighted by atomic mass is 19.1. The fourth-order valence-corrected chi connectivity index (χ4v) is 4.37. The van der Waals surface area contributed by atoms with E-state index in [0.717, 1.165) is 24.0 Å². The summed E-state index contributed by atoms with van der Waals surface area (Å²) in [5.74, 6) is 1.14. The molecular weight excluding hydrogens is 461 g/mol. The van der Waals surface area contributed by atoms with Crippen LogP contribution in [-0.2, 0) is 16.0 Å². The van der Waals surface area contributed by atoms with Crippen LogP contribution in [0.3, 0.4) is 0 Å². The van der Waals surface area contributed by atoms with Gasteiger partial charge >= 0.3 is 0 Å². The predicted molar refractivity (Wildman–Crippen MR) is 133 cm³/mol. The largest absolute Gasteiger partial charge is 0.378 e. The number of morpholine rings is 1. The van der Waals surface area contributed by atoms with Crippen molar-refractivity contribution in [2.75, 3.05) is 36.9 Å². The Morgan fingerprint density at radius 1 is 1.00 bits per heavy atom.